The summed E-state index contributed by atoms with van der Waals surface area (Å²) < 4.78 is 13.8. The summed E-state index contributed by atoms with van der Waals surface area (Å²) in [7, 11) is 0. The minimum absolute atomic E-state index is 0.0143. The molecule has 5 rings (SSSR count). The first kappa shape index (κ1) is 22.9. The number of aliphatic carboxylic acids is 1. The van der Waals surface area contributed by atoms with Gasteiger partial charge < -0.3 is 10.4 Å². The molecule has 2 aliphatic heterocycles. The highest BCUT2D eigenvalue weighted by Crippen LogP contribution is 2.37. The number of rotatable bonds is 8. The second-order valence-electron chi connectivity index (χ2n) is 9.04. The van der Waals surface area contributed by atoms with Gasteiger partial charge >= 0.3 is 5.97 Å². The number of aryl methyl sites for hydroxylation is 1. The van der Waals surface area contributed by atoms with Crippen molar-refractivity contribution in [2.24, 2.45) is 4.99 Å². The van der Waals surface area contributed by atoms with Gasteiger partial charge in [-0.15, -0.1) is 0 Å². The highest BCUT2D eigenvalue weighted by molar-refractivity contribution is 6.24. The maximum Gasteiger partial charge on any atom is 0.303 e. The molecule has 0 radical (unpaired) electrons. The van der Waals surface area contributed by atoms with Gasteiger partial charge in [0.25, 0.3) is 0 Å². The zero-order valence-corrected chi connectivity index (χ0v) is 19.2. The smallest absolute Gasteiger partial charge is 0.303 e. The molecule has 0 bridgehead atoms. The van der Waals surface area contributed by atoms with Crippen molar-refractivity contribution >= 4 is 29.0 Å². The number of nitrogens with zero attached hydrogens (tertiary/aromatic N) is 2. The Morgan fingerprint density at radius 2 is 1.86 bits per heavy atom. The minimum atomic E-state index is -0.867. The summed E-state index contributed by atoms with van der Waals surface area (Å²) in [4.78, 5) is 31.4. The van der Waals surface area contributed by atoms with Gasteiger partial charge in [-0.25, -0.2) is 4.39 Å². The van der Waals surface area contributed by atoms with Gasteiger partial charge in [0.15, 0.2) is 0 Å². The van der Waals surface area contributed by atoms with Crippen LogP contribution in [0.1, 0.15) is 41.0 Å². The summed E-state index contributed by atoms with van der Waals surface area (Å²) in [6.45, 7) is 3.16. The number of amides is 1. The first-order valence-corrected chi connectivity index (χ1v) is 11.8. The number of hydrogen-bond donors (Lipinski definition) is 2. The number of carboxylic acid groups (broad SMARTS) is 1. The monoisotopic (exact) mass is 471 g/mol. The Morgan fingerprint density at radius 1 is 1.06 bits per heavy atom. The lowest BCUT2D eigenvalue weighted by molar-refractivity contribution is -0.137. The summed E-state index contributed by atoms with van der Waals surface area (Å²) >= 11 is 0. The van der Waals surface area contributed by atoms with Crippen molar-refractivity contribution in [1.82, 2.24) is 4.90 Å². The molecule has 1 fully saturated rings. The van der Waals surface area contributed by atoms with Crippen LogP contribution in [0.15, 0.2) is 71.7 Å². The van der Waals surface area contributed by atoms with E-state index in [0.717, 1.165) is 30.8 Å². The van der Waals surface area contributed by atoms with Crippen LogP contribution in [0.25, 0.3) is 0 Å². The molecule has 3 aromatic carbocycles. The van der Waals surface area contributed by atoms with Crippen molar-refractivity contribution < 1.29 is 19.1 Å². The molecule has 7 heteroatoms. The zero-order valence-electron chi connectivity index (χ0n) is 19.2. The fraction of sp³-hybridized carbons (Fsp3) is 0.250. The van der Waals surface area contributed by atoms with Crippen molar-refractivity contribution in [3.8, 4) is 0 Å². The second kappa shape index (κ2) is 9.80. The van der Waals surface area contributed by atoms with E-state index in [1.807, 2.05) is 36.4 Å². The number of nitrogens with one attached hydrogen (secondary N) is 1. The third-order valence-electron chi connectivity index (χ3n) is 6.51. The lowest BCUT2D eigenvalue weighted by Gasteiger charge is -2.30. The molecule has 1 atom stereocenters. The molecule has 1 unspecified atom stereocenters. The van der Waals surface area contributed by atoms with Crippen LogP contribution in [0, 0.1) is 5.82 Å². The summed E-state index contributed by atoms with van der Waals surface area (Å²) in [5.41, 5.74) is 5.16. The topological polar surface area (TPSA) is 82.0 Å². The zero-order chi connectivity index (χ0) is 24.4. The van der Waals surface area contributed by atoms with Gasteiger partial charge in [0.1, 0.15) is 11.7 Å². The van der Waals surface area contributed by atoms with Gasteiger partial charge in [0.05, 0.1) is 11.4 Å². The molecular formula is C28H26FN3O3. The van der Waals surface area contributed by atoms with E-state index in [-0.39, 0.29) is 12.3 Å². The van der Waals surface area contributed by atoms with Crippen LogP contribution >= 0.6 is 0 Å². The third kappa shape index (κ3) is 5.15. The number of carboxylic acids is 1. The fourth-order valence-electron chi connectivity index (χ4n) is 4.55. The van der Waals surface area contributed by atoms with E-state index in [0.29, 0.717) is 29.1 Å². The molecule has 1 amide bonds. The predicted molar refractivity (Wildman–Crippen MR) is 133 cm³/mol. The van der Waals surface area contributed by atoms with Crippen LogP contribution in [-0.2, 0) is 22.6 Å². The number of carbonyl (C=O) groups excluding carboxylic acids is 1. The lowest BCUT2D eigenvalue weighted by Crippen LogP contribution is -2.36. The number of carbonyl (C=O) groups is 2. The number of halogens is 1. The van der Waals surface area contributed by atoms with Crippen LogP contribution in [0.2, 0.25) is 0 Å². The third-order valence-corrected chi connectivity index (χ3v) is 6.51. The Morgan fingerprint density at radius 3 is 2.57 bits per heavy atom. The maximum absolute atomic E-state index is 13.8. The summed E-state index contributed by atoms with van der Waals surface area (Å²) in [5, 5.41) is 11.9. The molecule has 3 aromatic rings. The standard InChI is InChI=1S/C28H26FN3O3/c29-21-8-11-23-24(16-21)31-28(35)26(23)27(20-4-1-3-18(15-20)7-12-25(33)34)30-22-9-5-19(6-10-22)17-32-13-2-14-32/h1,3-6,8-11,15-16,26H,2,7,12-14,17H2,(H,31,35)(H,33,34). The Bertz CT molecular complexity index is 1300. The van der Waals surface area contributed by atoms with E-state index >= 15 is 0 Å². The van der Waals surface area contributed by atoms with Crippen LogP contribution in [-0.4, -0.2) is 40.7 Å². The molecule has 2 heterocycles. The molecule has 0 aliphatic carbocycles. The first-order chi connectivity index (χ1) is 17.0. The summed E-state index contributed by atoms with van der Waals surface area (Å²) in [6, 6.07) is 19.7. The molecule has 35 heavy (non-hydrogen) atoms. The number of aliphatic imine (C=N–C) groups is 1. The summed E-state index contributed by atoms with van der Waals surface area (Å²) in [6.07, 6.45) is 1.63. The molecule has 2 N–H and O–H groups in total. The van der Waals surface area contributed by atoms with Crippen molar-refractivity contribution in [3.63, 3.8) is 0 Å². The molecule has 6 nitrogen and oxygen atoms in total. The molecular weight excluding hydrogens is 445 g/mol. The largest absolute Gasteiger partial charge is 0.481 e. The number of likely N-dealkylation sites (tertiary alicyclic amines) is 1. The predicted octanol–water partition coefficient (Wildman–Crippen LogP) is 4.91. The first-order valence-electron chi connectivity index (χ1n) is 11.8. The van der Waals surface area contributed by atoms with E-state index in [2.05, 4.69) is 22.3 Å². The van der Waals surface area contributed by atoms with Gasteiger partial charge in [-0.2, -0.15) is 0 Å². The van der Waals surface area contributed by atoms with Crippen molar-refractivity contribution in [2.45, 2.75) is 31.7 Å². The van der Waals surface area contributed by atoms with E-state index in [9.17, 15) is 14.0 Å². The van der Waals surface area contributed by atoms with Crippen molar-refractivity contribution in [1.29, 1.82) is 0 Å². The average Bonchev–Trinajstić information content (AvgIpc) is 3.14. The maximum atomic E-state index is 13.8. The van der Waals surface area contributed by atoms with E-state index < -0.39 is 17.7 Å². The number of hydrogen-bond acceptors (Lipinski definition) is 4. The molecule has 0 spiro atoms. The SMILES string of the molecule is O=C(O)CCc1cccc(C(=Nc2ccc(CN3CCC3)cc2)C2C(=O)Nc3cc(F)ccc32)c1. The number of benzene rings is 3. The highest BCUT2D eigenvalue weighted by Gasteiger charge is 2.35. The van der Waals surface area contributed by atoms with Crippen LogP contribution < -0.4 is 5.32 Å². The normalized spacial score (nSPS) is 17.6. The van der Waals surface area contributed by atoms with E-state index in [4.69, 9.17) is 10.1 Å². The lowest BCUT2D eigenvalue weighted by atomic mass is 9.89. The van der Waals surface area contributed by atoms with Crippen LogP contribution in [0.5, 0.6) is 0 Å². The van der Waals surface area contributed by atoms with Crippen LogP contribution in [0.4, 0.5) is 15.8 Å². The van der Waals surface area contributed by atoms with Gasteiger partial charge in [-0.1, -0.05) is 36.4 Å². The van der Waals surface area contributed by atoms with Crippen LogP contribution in [0.3, 0.4) is 0 Å². The Balaban J connectivity index is 1.53. The Labute approximate surface area is 203 Å². The Hall–Kier alpha value is -3.84. The molecule has 178 valence electrons. The van der Waals surface area contributed by atoms with E-state index in [1.54, 1.807) is 6.07 Å². The van der Waals surface area contributed by atoms with Gasteiger partial charge in [0, 0.05) is 18.7 Å². The number of fused-ring (bicyclic) bond motifs is 1. The van der Waals surface area contributed by atoms with Crippen molar-refractivity contribution in [2.75, 3.05) is 18.4 Å². The molecule has 2 aliphatic rings. The average molecular weight is 472 g/mol. The molecule has 0 aromatic heterocycles. The van der Waals surface area contributed by atoms with Crippen molar-refractivity contribution in [3.05, 3.63) is 94.8 Å². The minimum Gasteiger partial charge on any atom is -0.481 e. The van der Waals surface area contributed by atoms with Gasteiger partial charge in [0.2, 0.25) is 5.91 Å². The molecule has 1 saturated heterocycles. The number of anilines is 1. The quantitative estimate of drug-likeness (QED) is 0.458. The molecule has 0 saturated carbocycles. The fourth-order valence-corrected chi connectivity index (χ4v) is 4.55. The van der Waals surface area contributed by atoms with Gasteiger partial charge in [-0.05, 0) is 78.5 Å². The second-order valence-corrected chi connectivity index (χ2v) is 9.04. The highest BCUT2D eigenvalue weighted by atomic mass is 19.1. The summed E-state index contributed by atoms with van der Waals surface area (Å²) in [5.74, 6) is -2.26. The Kier molecular flexibility index (Phi) is 6.42. The van der Waals surface area contributed by atoms with Gasteiger partial charge in [-0.3, -0.25) is 19.5 Å². The van der Waals surface area contributed by atoms with E-state index in [1.165, 1.54) is 24.1 Å².